The van der Waals surface area contributed by atoms with Crippen LogP contribution in [-0.2, 0) is 9.59 Å². The highest BCUT2D eigenvalue weighted by Gasteiger charge is 1.62. The Hall–Kier alpha value is -0.660. The third-order valence-electron chi connectivity index (χ3n) is 1.000. The summed E-state index contributed by atoms with van der Waals surface area (Å²) < 4.78 is 0. The lowest BCUT2D eigenvalue weighted by Gasteiger charge is -1.68. The van der Waals surface area contributed by atoms with E-state index in [9.17, 15) is 9.59 Å². The van der Waals surface area contributed by atoms with Gasteiger partial charge in [-0.15, -0.1) is 0 Å². The smallest absolute Gasteiger partial charge is 0.126 e. The molecule has 0 aromatic carbocycles. The Kier molecular flexibility index (Phi) is 70.6. The number of rotatable bonds is 2. The molecule has 0 saturated carbocycles. The van der Waals surface area contributed by atoms with Crippen molar-refractivity contribution >= 4 is 11.6 Å². The van der Waals surface area contributed by atoms with E-state index < -0.39 is 0 Å². The van der Waals surface area contributed by atoms with E-state index >= 15 is 0 Å². The van der Waals surface area contributed by atoms with E-state index in [1.54, 1.807) is 0 Å². The second-order valence-electron chi connectivity index (χ2n) is 4.52. The average Bonchev–Trinajstić information content (AvgIpc) is 2.28. The summed E-state index contributed by atoms with van der Waals surface area (Å²) in [6, 6.07) is 0. The molecule has 0 atom stereocenters. The minimum Gasteiger partial charge on any atom is -0.300 e. The number of hydrogen-bond acceptors (Lipinski definition) is 2. The van der Waals surface area contributed by atoms with Gasteiger partial charge in [0.1, 0.15) is 11.6 Å². The van der Waals surface area contributed by atoms with Crippen LogP contribution in [0.5, 0.6) is 0 Å². The molecule has 19 heavy (non-hydrogen) atoms. The molecule has 0 rings (SSSR count). The standard InChI is InChI=1S/2C4H10.2C3H6O.C3H8/c2*1-3-4-2;2*1-3(2)4;1-3-2/h2*3-4H2,1-2H3;2*1-2H3;3H2,1-2H3. The predicted octanol–water partition coefficient (Wildman–Crippen LogP) is 6.22. The van der Waals surface area contributed by atoms with Crippen molar-refractivity contribution in [2.75, 3.05) is 0 Å². The van der Waals surface area contributed by atoms with Crippen LogP contribution < -0.4 is 0 Å². The van der Waals surface area contributed by atoms with Crippen LogP contribution in [0.2, 0.25) is 0 Å². The van der Waals surface area contributed by atoms with Gasteiger partial charge in [0.05, 0.1) is 0 Å². The Labute approximate surface area is 123 Å². The molecule has 0 aromatic heterocycles. The van der Waals surface area contributed by atoms with Crippen LogP contribution in [0.4, 0.5) is 0 Å². The molecule has 0 amide bonds. The zero-order valence-corrected chi connectivity index (χ0v) is 15.4. The summed E-state index contributed by atoms with van der Waals surface area (Å²) in [6.45, 7) is 19.1. The van der Waals surface area contributed by atoms with Crippen molar-refractivity contribution < 1.29 is 9.59 Å². The normalized spacial score (nSPS) is 6.84. The van der Waals surface area contributed by atoms with Crippen LogP contribution in [-0.4, -0.2) is 11.6 Å². The topological polar surface area (TPSA) is 34.1 Å². The van der Waals surface area contributed by atoms with Crippen LogP contribution in [0.15, 0.2) is 0 Å². The number of carbonyl (C=O) groups is 2. The summed E-state index contributed by atoms with van der Waals surface area (Å²) in [5.41, 5.74) is 0. The van der Waals surface area contributed by atoms with Gasteiger partial charge in [-0.25, -0.2) is 0 Å². The lowest BCUT2D eigenvalue weighted by Crippen LogP contribution is -1.69. The molecule has 0 spiro atoms. The fraction of sp³-hybridized carbons (Fsp3) is 0.882. The van der Waals surface area contributed by atoms with Crippen LogP contribution in [0.3, 0.4) is 0 Å². The second kappa shape index (κ2) is 43.3. The Bertz CT molecular complexity index is 112. The van der Waals surface area contributed by atoms with Gasteiger partial charge in [0.15, 0.2) is 0 Å². The third kappa shape index (κ3) is 2270. The molecule has 2 nitrogen and oxygen atoms in total. The molecule has 0 radical (unpaired) electrons. The Morgan fingerprint density at radius 2 is 0.579 bits per heavy atom. The number of unbranched alkanes of at least 4 members (excludes halogenated alkanes) is 2. The number of carbonyl (C=O) groups excluding carboxylic acids is 2. The molecule has 0 aromatic rings. The molecule has 0 aliphatic carbocycles. The van der Waals surface area contributed by atoms with Gasteiger partial charge in [-0.2, -0.15) is 0 Å². The summed E-state index contributed by atoms with van der Waals surface area (Å²) in [5.74, 6) is 0.333. The van der Waals surface area contributed by atoms with Crippen LogP contribution >= 0.6 is 0 Å². The minimum atomic E-state index is 0.167. The summed E-state index contributed by atoms with van der Waals surface area (Å²) in [5, 5.41) is 0. The van der Waals surface area contributed by atoms with Crippen molar-refractivity contribution in [3.8, 4) is 0 Å². The van der Waals surface area contributed by atoms with Crippen LogP contribution in [0.25, 0.3) is 0 Å². The van der Waals surface area contributed by atoms with Crippen molar-refractivity contribution in [1.29, 1.82) is 0 Å². The summed E-state index contributed by atoms with van der Waals surface area (Å²) in [7, 11) is 0. The molecule has 0 aliphatic rings. The molecule has 0 bridgehead atoms. The molecule has 0 unspecified atom stereocenters. The number of ketones is 2. The van der Waals surface area contributed by atoms with Crippen molar-refractivity contribution in [1.82, 2.24) is 0 Å². The fourth-order valence-corrected chi connectivity index (χ4v) is 0. The van der Waals surface area contributed by atoms with Gasteiger partial charge in [-0.1, -0.05) is 73.6 Å². The highest BCUT2D eigenvalue weighted by Crippen LogP contribution is 1.77. The number of Topliss-reactive ketones (excluding diaryl/α,β-unsaturated/α-hetero) is 2. The molecule has 120 valence electrons. The van der Waals surface area contributed by atoms with E-state index in [1.807, 2.05) is 0 Å². The van der Waals surface area contributed by atoms with E-state index in [4.69, 9.17) is 0 Å². The van der Waals surface area contributed by atoms with Gasteiger partial charge in [-0.3, -0.25) is 0 Å². The van der Waals surface area contributed by atoms with Crippen molar-refractivity contribution in [2.45, 2.75) is 101 Å². The van der Waals surface area contributed by atoms with E-state index in [2.05, 4.69) is 41.5 Å². The quantitative estimate of drug-likeness (QED) is 0.600. The summed E-state index contributed by atoms with van der Waals surface area (Å²) >= 11 is 0. The summed E-state index contributed by atoms with van der Waals surface area (Å²) in [6.07, 6.45) is 6.53. The average molecular weight is 277 g/mol. The first-order chi connectivity index (χ1) is 8.71. The molecule has 0 heterocycles. The SMILES string of the molecule is CC(C)=O.CC(C)=O.CCC.CCCC.CCCC. The Balaban J connectivity index is -0.0000000432. The monoisotopic (exact) mass is 276 g/mol. The molecular formula is C17H40O2. The molecule has 0 fully saturated rings. The highest BCUT2D eigenvalue weighted by molar-refractivity contribution is 5.72. The van der Waals surface area contributed by atoms with Gasteiger partial charge >= 0.3 is 0 Å². The van der Waals surface area contributed by atoms with Gasteiger partial charge in [0.25, 0.3) is 0 Å². The van der Waals surface area contributed by atoms with Gasteiger partial charge in [-0.05, 0) is 27.7 Å². The third-order valence-corrected chi connectivity index (χ3v) is 1.000. The maximum Gasteiger partial charge on any atom is 0.126 e. The first-order valence-electron chi connectivity index (χ1n) is 7.65. The Morgan fingerprint density at radius 1 is 0.526 bits per heavy atom. The maximum atomic E-state index is 9.44. The van der Waals surface area contributed by atoms with Crippen LogP contribution in [0.1, 0.15) is 101 Å². The molecule has 0 saturated heterocycles. The number of hydrogen-bond donors (Lipinski definition) is 0. The lowest BCUT2D eigenvalue weighted by atomic mass is 10.4. The van der Waals surface area contributed by atoms with E-state index in [0.29, 0.717) is 0 Å². The van der Waals surface area contributed by atoms with Gasteiger partial charge < -0.3 is 9.59 Å². The fourth-order valence-electron chi connectivity index (χ4n) is 0. The Morgan fingerprint density at radius 3 is 0.579 bits per heavy atom. The zero-order chi connectivity index (χ0) is 16.7. The lowest BCUT2D eigenvalue weighted by molar-refractivity contribution is -0.115. The van der Waals surface area contributed by atoms with E-state index in [-0.39, 0.29) is 11.6 Å². The summed E-state index contributed by atoms with van der Waals surface area (Å²) in [4.78, 5) is 18.9. The first-order valence-corrected chi connectivity index (χ1v) is 7.65. The predicted molar refractivity (Wildman–Crippen MR) is 89.8 cm³/mol. The van der Waals surface area contributed by atoms with Crippen molar-refractivity contribution in [2.24, 2.45) is 0 Å². The van der Waals surface area contributed by atoms with E-state index in [0.717, 1.165) is 0 Å². The van der Waals surface area contributed by atoms with E-state index in [1.165, 1.54) is 59.8 Å². The van der Waals surface area contributed by atoms with Gasteiger partial charge in [0, 0.05) is 0 Å². The molecule has 0 N–H and O–H groups in total. The van der Waals surface area contributed by atoms with Crippen LogP contribution in [0, 0.1) is 0 Å². The maximum absolute atomic E-state index is 9.44. The largest absolute Gasteiger partial charge is 0.300 e. The molecular weight excluding hydrogens is 236 g/mol. The second-order valence-corrected chi connectivity index (χ2v) is 4.52. The molecule has 2 heteroatoms. The van der Waals surface area contributed by atoms with Crippen molar-refractivity contribution in [3.63, 3.8) is 0 Å². The first kappa shape index (κ1) is 31.0. The highest BCUT2D eigenvalue weighted by atomic mass is 16.1. The zero-order valence-electron chi connectivity index (χ0n) is 15.4. The van der Waals surface area contributed by atoms with Gasteiger partial charge in [0.2, 0.25) is 0 Å². The molecule has 0 aliphatic heterocycles. The minimum absolute atomic E-state index is 0.167. The van der Waals surface area contributed by atoms with Crippen molar-refractivity contribution in [3.05, 3.63) is 0 Å².